The summed E-state index contributed by atoms with van der Waals surface area (Å²) in [6.07, 6.45) is 8.39. The smallest absolute Gasteiger partial charge is 0.407 e. The first kappa shape index (κ1) is 54.3. The van der Waals surface area contributed by atoms with Crippen LogP contribution in [0.4, 0.5) is 9.59 Å². The van der Waals surface area contributed by atoms with Crippen LogP contribution in [0.2, 0.25) is 0 Å². The number of unbranched alkanes of at least 4 members (excludes halogenated alkanes) is 4. The van der Waals surface area contributed by atoms with Gasteiger partial charge in [-0.05, 0) is 58.3 Å². The van der Waals surface area contributed by atoms with Gasteiger partial charge in [-0.15, -0.1) is 0 Å². The van der Waals surface area contributed by atoms with E-state index in [0.29, 0.717) is 25.7 Å². The average Bonchev–Trinajstić information content (AvgIpc) is 3.18. The molecule has 0 radical (unpaired) electrons. The second kappa shape index (κ2) is 28.8. The van der Waals surface area contributed by atoms with E-state index in [1.807, 2.05) is 20.8 Å². The van der Waals surface area contributed by atoms with Crippen LogP contribution in [-0.4, -0.2) is 127 Å². The maximum Gasteiger partial charge on any atom is 0.407 e. The third-order valence-corrected chi connectivity index (χ3v) is 10.2. The quantitative estimate of drug-likeness (QED) is 0.0559. The van der Waals surface area contributed by atoms with Gasteiger partial charge in [-0.3, -0.25) is 28.8 Å². The molecule has 0 aromatic rings. The summed E-state index contributed by atoms with van der Waals surface area (Å²) < 4.78 is 15.5. The van der Waals surface area contributed by atoms with Crippen molar-refractivity contribution in [2.75, 3.05) is 40.0 Å². The molecule has 1 aliphatic rings. The minimum Gasteiger partial charge on any atom is -0.480 e. The molecule has 19 nitrogen and oxygen atoms in total. The number of likely N-dealkylation sites (N-methyl/N-ethyl adjacent to an activating group) is 1. The lowest BCUT2D eigenvalue weighted by atomic mass is 9.83. The summed E-state index contributed by atoms with van der Waals surface area (Å²) in [4.78, 5) is 106. The summed E-state index contributed by atoms with van der Waals surface area (Å²) in [6.45, 7) is 11.0. The van der Waals surface area contributed by atoms with Gasteiger partial charge in [-0.25, -0.2) is 9.59 Å². The van der Waals surface area contributed by atoms with Crippen molar-refractivity contribution in [2.45, 2.75) is 162 Å². The Morgan fingerprint density at radius 2 is 1.43 bits per heavy atom. The monoisotopic (exact) mass is 870 g/mol. The van der Waals surface area contributed by atoms with Crippen molar-refractivity contribution in [2.24, 2.45) is 23.5 Å². The van der Waals surface area contributed by atoms with Crippen LogP contribution < -0.4 is 32.3 Å². The van der Waals surface area contributed by atoms with E-state index >= 15 is 0 Å². The predicted molar refractivity (Wildman–Crippen MR) is 227 cm³/mol. The van der Waals surface area contributed by atoms with Crippen LogP contribution >= 0.6 is 0 Å². The van der Waals surface area contributed by atoms with E-state index < -0.39 is 91.2 Å². The zero-order valence-electron chi connectivity index (χ0n) is 37.7. The van der Waals surface area contributed by atoms with Gasteiger partial charge in [0.2, 0.25) is 29.5 Å². The van der Waals surface area contributed by atoms with Gasteiger partial charge in [0.25, 0.3) is 0 Å². The highest BCUT2D eigenvalue weighted by Gasteiger charge is 2.38. The topological polar surface area (TPSA) is 274 Å². The van der Waals surface area contributed by atoms with E-state index in [9.17, 15) is 38.4 Å². The highest BCUT2D eigenvalue weighted by molar-refractivity contribution is 5.96. The van der Waals surface area contributed by atoms with Gasteiger partial charge in [-0.2, -0.15) is 0 Å². The summed E-state index contributed by atoms with van der Waals surface area (Å²) in [5.41, 5.74) is 4.06. The molecule has 1 fully saturated rings. The number of primary amides is 1. The van der Waals surface area contributed by atoms with Crippen LogP contribution in [0, 0.1) is 17.8 Å². The second-order valence-electron chi connectivity index (χ2n) is 17.3. The van der Waals surface area contributed by atoms with E-state index in [2.05, 4.69) is 38.2 Å². The van der Waals surface area contributed by atoms with Crippen LogP contribution in [0.3, 0.4) is 0 Å². The summed E-state index contributed by atoms with van der Waals surface area (Å²) >= 11 is 0. The van der Waals surface area contributed by atoms with Gasteiger partial charge >= 0.3 is 18.2 Å². The molecule has 5 atom stereocenters. The standard InChI is InChI=1S/C42H75N7O12/c1-9-10-11-12-14-18-28(4)39(56)49(8)32(23-27(2)3)37(54)48-34(29-19-15-13-16-20-29)38(55)46-30(24-45-41(58)61-42(5,6)7)36(53)47-31(35(52)44-25-33(50)51)26-59-21-17-22-60-40(43)57/h27-32,34H,9-26H2,1-8H3,(H2,43,57)(H,44,52)(H,45,58)(H,46,55)(H,47,53)(H,48,54)(H,50,51)/t28-,30+,31+,32+,34+/m1/s1. The molecule has 1 aliphatic carbocycles. The first-order valence-electron chi connectivity index (χ1n) is 21.8. The number of aliphatic carboxylic acids is 1. The summed E-state index contributed by atoms with van der Waals surface area (Å²) in [6, 6.07) is -5.01. The molecule has 19 heteroatoms. The van der Waals surface area contributed by atoms with Crippen molar-refractivity contribution >= 4 is 47.7 Å². The maximum absolute atomic E-state index is 14.4. The number of amides is 7. The molecule has 61 heavy (non-hydrogen) atoms. The van der Waals surface area contributed by atoms with Crippen molar-refractivity contribution in [3.05, 3.63) is 0 Å². The molecule has 0 heterocycles. The van der Waals surface area contributed by atoms with Crippen molar-refractivity contribution in [1.29, 1.82) is 0 Å². The number of nitrogens with two attached hydrogens (primary N) is 1. The number of ether oxygens (including phenoxy) is 3. The number of hydrogen-bond donors (Lipinski definition) is 7. The Labute approximate surface area is 361 Å². The van der Waals surface area contributed by atoms with Gasteiger partial charge in [0.15, 0.2) is 0 Å². The third-order valence-electron chi connectivity index (χ3n) is 10.2. The van der Waals surface area contributed by atoms with Gasteiger partial charge in [0.05, 0.1) is 19.8 Å². The van der Waals surface area contributed by atoms with Gasteiger partial charge < -0.3 is 56.5 Å². The second-order valence-corrected chi connectivity index (χ2v) is 17.3. The molecular weight excluding hydrogens is 794 g/mol. The summed E-state index contributed by atoms with van der Waals surface area (Å²) in [7, 11) is 1.61. The molecule has 0 unspecified atom stereocenters. The fourth-order valence-electron chi connectivity index (χ4n) is 6.93. The molecule has 1 rings (SSSR count). The predicted octanol–water partition coefficient (Wildman–Crippen LogP) is 3.12. The molecule has 7 amide bonds. The van der Waals surface area contributed by atoms with Crippen molar-refractivity contribution in [3.8, 4) is 0 Å². The number of nitrogens with one attached hydrogen (secondary N) is 5. The number of carboxylic acids is 1. The molecular formula is C42H75N7O12. The zero-order valence-corrected chi connectivity index (χ0v) is 37.7. The molecule has 0 bridgehead atoms. The molecule has 0 aromatic carbocycles. The Hall–Kier alpha value is -4.68. The lowest BCUT2D eigenvalue weighted by molar-refractivity contribution is -0.143. The van der Waals surface area contributed by atoms with E-state index in [-0.39, 0.29) is 43.3 Å². The molecule has 1 saturated carbocycles. The van der Waals surface area contributed by atoms with E-state index in [1.54, 1.807) is 27.8 Å². The Morgan fingerprint density at radius 1 is 0.787 bits per heavy atom. The zero-order chi connectivity index (χ0) is 46.1. The van der Waals surface area contributed by atoms with Crippen LogP contribution in [0.25, 0.3) is 0 Å². The van der Waals surface area contributed by atoms with Crippen LogP contribution in [0.1, 0.15) is 132 Å². The number of carbonyl (C=O) groups excluding carboxylic acids is 7. The first-order chi connectivity index (χ1) is 28.7. The highest BCUT2D eigenvalue weighted by atomic mass is 16.6. The molecule has 350 valence electrons. The minimum atomic E-state index is -1.53. The molecule has 0 spiro atoms. The normalized spacial score (nSPS) is 15.6. The number of rotatable bonds is 28. The third kappa shape index (κ3) is 23.2. The van der Waals surface area contributed by atoms with Crippen molar-refractivity contribution in [1.82, 2.24) is 31.5 Å². The number of carboxylic acid groups (broad SMARTS) is 1. The van der Waals surface area contributed by atoms with Gasteiger partial charge in [-0.1, -0.05) is 79.1 Å². The van der Waals surface area contributed by atoms with E-state index in [4.69, 9.17) is 20.3 Å². The Kier molecular flexibility index (Phi) is 25.6. The fraction of sp³-hybridized carbons (Fsp3) is 0.810. The van der Waals surface area contributed by atoms with Crippen LogP contribution in [0.5, 0.6) is 0 Å². The summed E-state index contributed by atoms with van der Waals surface area (Å²) in [5, 5.41) is 21.9. The highest BCUT2D eigenvalue weighted by Crippen LogP contribution is 2.27. The number of nitrogens with zero attached hydrogens (tertiary/aromatic N) is 1. The number of carbonyl (C=O) groups is 8. The Balaban J connectivity index is 3.43. The molecule has 0 aromatic heterocycles. The Bertz CT molecular complexity index is 1420. The fourth-order valence-corrected chi connectivity index (χ4v) is 6.93. The van der Waals surface area contributed by atoms with E-state index in [0.717, 1.165) is 51.4 Å². The van der Waals surface area contributed by atoms with Gasteiger partial charge in [0.1, 0.15) is 36.3 Å². The lowest BCUT2D eigenvalue weighted by Gasteiger charge is -2.35. The first-order valence-corrected chi connectivity index (χ1v) is 21.8. The molecule has 0 aliphatic heterocycles. The van der Waals surface area contributed by atoms with Crippen molar-refractivity contribution < 1.29 is 57.7 Å². The van der Waals surface area contributed by atoms with Crippen LogP contribution in [0.15, 0.2) is 0 Å². The molecule has 0 saturated heterocycles. The largest absolute Gasteiger partial charge is 0.480 e. The Morgan fingerprint density at radius 3 is 2.02 bits per heavy atom. The minimum absolute atomic E-state index is 0.0254. The SMILES string of the molecule is CCCCCCC[C@@H](C)C(=O)N(C)[C@@H](CC(C)C)C(=O)N[C@H](C(=O)N[C@@H](CNC(=O)OC(C)(C)C)C(=O)N[C@@H](COCCCOC(N)=O)C(=O)NCC(=O)O)C1CCCCC1. The van der Waals surface area contributed by atoms with E-state index in [1.165, 1.54) is 4.90 Å². The van der Waals surface area contributed by atoms with Crippen molar-refractivity contribution in [3.63, 3.8) is 0 Å². The average molecular weight is 870 g/mol. The number of hydrogen-bond acceptors (Lipinski definition) is 11. The molecule has 8 N–H and O–H groups in total. The number of alkyl carbamates (subject to hydrolysis) is 1. The summed E-state index contributed by atoms with van der Waals surface area (Å²) in [5.74, 6) is -5.19. The lowest BCUT2D eigenvalue weighted by Crippen LogP contribution is -2.62. The van der Waals surface area contributed by atoms with Gasteiger partial charge in [0, 0.05) is 26.0 Å². The van der Waals surface area contributed by atoms with Crippen LogP contribution in [-0.2, 0) is 43.0 Å². The maximum atomic E-state index is 14.4.